The highest BCUT2D eigenvalue weighted by atomic mass is 19.1. The maximum atomic E-state index is 16.9. The molecule has 6 heterocycles. The quantitative estimate of drug-likeness (QED) is 0.132. The van der Waals surface area contributed by atoms with Gasteiger partial charge in [0.25, 0.3) is 0 Å². The van der Waals surface area contributed by atoms with Crippen LogP contribution in [0.1, 0.15) is 42.0 Å². The Labute approximate surface area is 311 Å². The van der Waals surface area contributed by atoms with E-state index in [1.54, 1.807) is 35.2 Å². The van der Waals surface area contributed by atoms with Gasteiger partial charge in [-0.25, -0.2) is 23.1 Å². The van der Waals surface area contributed by atoms with Crippen LogP contribution in [0.5, 0.6) is 6.01 Å². The number of hydrogen-bond acceptors (Lipinski definition) is 9. The summed E-state index contributed by atoms with van der Waals surface area (Å²) in [5.74, 6) is 2.13. The fraction of sp³-hybridized carbons (Fsp3) is 0.366. The number of alkyl halides is 1. The topological polar surface area (TPSA) is 100 Å². The first-order chi connectivity index (χ1) is 26.0. The molecule has 0 radical (unpaired) electrons. The molecule has 0 aliphatic carbocycles. The van der Waals surface area contributed by atoms with E-state index in [1.807, 2.05) is 31.9 Å². The Bertz CT molecular complexity index is 2360. The minimum atomic E-state index is -0.942. The van der Waals surface area contributed by atoms with Gasteiger partial charge in [0, 0.05) is 74.5 Å². The average Bonchev–Trinajstić information content (AvgIpc) is 3.66. The Morgan fingerprint density at radius 1 is 1.13 bits per heavy atom. The largest absolute Gasteiger partial charge is 0.461 e. The van der Waals surface area contributed by atoms with E-state index in [1.165, 1.54) is 18.3 Å². The summed E-state index contributed by atoms with van der Waals surface area (Å²) in [6, 6.07) is 9.84. The summed E-state index contributed by atoms with van der Waals surface area (Å²) >= 11 is 0. The van der Waals surface area contributed by atoms with Crippen LogP contribution in [0.3, 0.4) is 0 Å². The van der Waals surface area contributed by atoms with Gasteiger partial charge in [0.1, 0.15) is 41.4 Å². The van der Waals surface area contributed by atoms with Crippen molar-refractivity contribution in [3.8, 4) is 29.6 Å². The van der Waals surface area contributed by atoms with Gasteiger partial charge in [0.15, 0.2) is 5.82 Å². The van der Waals surface area contributed by atoms with E-state index in [2.05, 4.69) is 30.8 Å². The number of anilines is 1. The molecule has 3 saturated heterocycles. The number of terminal acetylenes is 1. The second-order valence-electron chi connectivity index (χ2n) is 14.7. The molecule has 13 heteroatoms. The van der Waals surface area contributed by atoms with Crippen molar-refractivity contribution in [3.05, 3.63) is 83.1 Å². The van der Waals surface area contributed by atoms with Gasteiger partial charge in [-0.15, -0.1) is 6.42 Å². The second-order valence-corrected chi connectivity index (χ2v) is 14.7. The summed E-state index contributed by atoms with van der Waals surface area (Å²) in [4.78, 5) is 41.2. The summed E-state index contributed by atoms with van der Waals surface area (Å²) < 4.78 is 52.6. The van der Waals surface area contributed by atoms with E-state index < -0.39 is 23.3 Å². The highest BCUT2D eigenvalue weighted by Gasteiger charge is 2.49. The van der Waals surface area contributed by atoms with Crippen molar-refractivity contribution < 1.29 is 22.7 Å². The smallest absolute Gasteiger partial charge is 0.319 e. The molecular formula is C41H39F3N8O2. The Kier molecular flexibility index (Phi) is 9.17. The first kappa shape index (κ1) is 35.4. The molecule has 0 N–H and O–H groups in total. The van der Waals surface area contributed by atoms with Gasteiger partial charge >= 0.3 is 6.01 Å². The number of amides is 1. The van der Waals surface area contributed by atoms with E-state index in [9.17, 15) is 13.6 Å². The van der Waals surface area contributed by atoms with Gasteiger partial charge in [0.05, 0.1) is 22.2 Å². The van der Waals surface area contributed by atoms with Crippen LogP contribution in [-0.2, 0) is 4.79 Å². The number of likely N-dealkylation sites (tertiary alicyclic amines) is 1. The molecule has 3 aromatic heterocycles. The zero-order valence-corrected chi connectivity index (χ0v) is 30.3. The molecule has 8 rings (SSSR count). The van der Waals surface area contributed by atoms with Gasteiger partial charge in [-0.3, -0.25) is 14.7 Å². The number of rotatable bonds is 9. The van der Waals surface area contributed by atoms with Crippen molar-refractivity contribution in [2.45, 2.75) is 44.8 Å². The molecule has 3 aliphatic heterocycles. The van der Waals surface area contributed by atoms with E-state index in [0.29, 0.717) is 71.7 Å². The first-order valence-electron chi connectivity index (χ1n) is 18.1. The number of aromatic nitrogens is 5. The van der Waals surface area contributed by atoms with E-state index in [0.717, 1.165) is 25.1 Å². The van der Waals surface area contributed by atoms with Crippen LogP contribution in [-0.4, -0.2) is 98.7 Å². The number of hydrogen-bond donors (Lipinski definition) is 0. The van der Waals surface area contributed by atoms with Crippen LogP contribution in [0.4, 0.5) is 19.0 Å². The highest BCUT2D eigenvalue weighted by Crippen LogP contribution is 2.41. The summed E-state index contributed by atoms with van der Waals surface area (Å²) in [7, 11) is 1.84. The number of pyridine rings is 1. The van der Waals surface area contributed by atoms with Gasteiger partial charge in [-0.2, -0.15) is 9.97 Å². The lowest BCUT2D eigenvalue weighted by Crippen LogP contribution is -2.53. The Morgan fingerprint density at radius 3 is 2.76 bits per heavy atom. The normalized spacial score (nSPS) is 20.1. The van der Waals surface area contributed by atoms with Crippen molar-refractivity contribution in [1.82, 2.24) is 34.7 Å². The molecule has 0 spiro atoms. The monoisotopic (exact) mass is 732 g/mol. The molecule has 0 saturated carbocycles. The summed E-state index contributed by atoms with van der Waals surface area (Å²) in [6.07, 6.45) is 11.6. The van der Waals surface area contributed by atoms with Crippen LogP contribution in [0.25, 0.3) is 39.0 Å². The lowest BCUT2D eigenvalue weighted by Gasteiger charge is -2.40. The molecule has 0 bridgehead atoms. The molecule has 3 fully saturated rings. The third-order valence-electron chi connectivity index (χ3n) is 10.8. The fourth-order valence-corrected chi connectivity index (χ4v) is 8.34. The van der Waals surface area contributed by atoms with Crippen LogP contribution in [0, 0.1) is 43.7 Å². The van der Waals surface area contributed by atoms with Crippen molar-refractivity contribution in [2.75, 3.05) is 51.3 Å². The van der Waals surface area contributed by atoms with Crippen molar-refractivity contribution >= 4 is 39.5 Å². The van der Waals surface area contributed by atoms with Crippen LogP contribution in [0.2, 0.25) is 0 Å². The SMILES string of the molecule is C#Cc1c(F)ccc2cccc(-c3ncc4c(N(C)CC5CN(C(=O)/C=C/c6cc(C)nc(C)n6)C5)nc(OC[C@@]56CCCN5C[C@H](F)C6)nc4c3F)c12. The van der Waals surface area contributed by atoms with Crippen LogP contribution < -0.4 is 9.64 Å². The maximum absolute atomic E-state index is 16.9. The second kappa shape index (κ2) is 14.0. The predicted octanol–water partition coefficient (Wildman–Crippen LogP) is 6.07. The number of ether oxygens (including phenoxy) is 1. The predicted molar refractivity (Wildman–Crippen MR) is 201 cm³/mol. The molecule has 54 heavy (non-hydrogen) atoms. The zero-order chi connectivity index (χ0) is 37.7. The van der Waals surface area contributed by atoms with E-state index >= 15 is 4.39 Å². The highest BCUT2D eigenvalue weighted by molar-refractivity contribution is 6.02. The molecule has 5 aromatic rings. The number of nitrogens with zero attached hydrogens (tertiary/aromatic N) is 8. The molecular weight excluding hydrogens is 693 g/mol. The summed E-state index contributed by atoms with van der Waals surface area (Å²) in [6.45, 7) is 6.56. The van der Waals surface area contributed by atoms with Gasteiger partial charge in [0.2, 0.25) is 5.91 Å². The maximum Gasteiger partial charge on any atom is 0.319 e. The number of halogens is 3. The average molecular weight is 733 g/mol. The van der Waals surface area contributed by atoms with Gasteiger partial charge in [-0.05, 0) is 56.8 Å². The third-order valence-corrected chi connectivity index (χ3v) is 10.8. The van der Waals surface area contributed by atoms with Crippen molar-refractivity contribution in [1.29, 1.82) is 0 Å². The Hall–Kier alpha value is -5.61. The lowest BCUT2D eigenvalue weighted by molar-refractivity contribution is -0.131. The standard InChI is InChI=1S/C41H39F3N8O2/c1-5-30-33(43)12-10-27-8-6-9-31(35(27)30)37-36(44)38-32(18-45-37)39(49-40(48-38)54-23-41-14-7-15-52(41)22-28(42)17-41)50(4)19-26-20-51(21-26)34(53)13-11-29-16-24(2)46-25(3)47-29/h1,6,8-13,16,18,26,28H,7,14-15,17,19-23H2,2-4H3/b13-11+/t28-,41+/m1/s1. The Balaban J connectivity index is 1.10. The molecule has 2 aromatic carbocycles. The molecule has 0 unspecified atom stereocenters. The summed E-state index contributed by atoms with van der Waals surface area (Å²) in [5, 5.41) is 1.36. The molecule has 10 nitrogen and oxygen atoms in total. The third kappa shape index (κ3) is 6.49. The number of carbonyl (C=O) groups is 1. The first-order valence-corrected chi connectivity index (χ1v) is 18.1. The number of carbonyl (C=O) groups excluding carboxylic acids is 1. The van der Waals surface area contributed by atoms with E-state index in [-0.39, 0.29) is 41.2 Å². The number of aryl methyl sites for hydroxylation is 2. The minimum Gasteiger partial charge on any atom is -0.461 e. The minimum absolute atomic E-state index is 0.0161. The van der Waals surface area contributed by atoms with Crippen LogP contribution >= 0.6 is 0 Å². The zero-order valence-electron chi connectivity index (χ0n) is 30.3. The molecule has 1 amide bonds. The lowest BCUT2D eigenvalue weighted by atomic mass is 9.95. The molecule has 2 atom stereocenters. The van der Waals surface area contributed by atoms with Crippen molar-refractivity contribution in [2.24, 2.45) is 5.92 Å². The Morgan fingerprint density at radius 2 is 1.96 bits per heavy atom. The van der Waals surface area contributed by atoms with Crippen molar-refractivity contribution in [3.63, 3.8) is 0 Å². The number of fused-ring (bicyclic) bond motifs is 3. The fourth-order valence-electron chi connectivity index (χ4n) is 8.34. The molecule has 3 aliphatic rings. The van der Waals surface area contributed by atoms with E-state index in [4.69, 9.17) is 16.1 Å². The van der Waals surface area contributed by atoms with Gasteiger partial charge in [-0.1, -0.05) is 30.2 Å². The molecule has 276 valence electrons. The van der Waals surface area contributed by atoms with Crippen LogP contribution in [0.15, 0.2) is 48.7 Å². The van der Waals surface area contributed by atoms with Gasteiger partial charge < -0.3 is 14.5 Å². The number of benzene rings is 2. The summed E-state index contributed by atoms with van der Waals surface area (Å²) in [5.41, 5.74) is 1.31.